The number of halogens is 1. The summed E-state index contributed by atoms with van der Waals surface area (Å²) in [6, 6.07) is 0. The molecule has 1 heterocycles. The van der Waals surface area contributed by atoms with Crippen molar-refractivity contribution in [1.29, 1.82) is 0 Å². The molecule has 2 N–H and O–H groups in total. The summed E-state index contributed by atoms with van der Waals surface area (Å²) in [6.07, 6.45) is 3.27. The first-order valence-electron chi connectivity index (χ1n) is 6.37. The lowest BCUT2D eigenvalue weighted by Gasteiger charge is -2.16. The molecule has 1 atom stereocenters. The number of nitrogens with zero attached hydrogens (tertiary/aromatic N) is 2. The number of methoxy groups -OCH3 is 1. The number of hydrogen-bond donors (Lipinski definition) is 1. The van der Waals surface area contributed by atoms with Gasteiger partial charge in [0.1, 0.15) is 11.9 Å². The standard InChI is InChI=1S/C13H20BrN3O/c1-7(2)6-9-10(14)12(15)17-13(16-9)11(18-3)8-4-5-8/h7-8,11H,4-6H2,1-3H3,(H2,15,16,17). The lowest BCUT2D eigenvalue weighted by molar-refractivity contribution is 0.0771. The van der Waals surface area contributed by atoms with Crippen LogP contribution in [-0.2, 0) is 11.2 Å². The van der Waals surface area contributed by atoms with E-state index in [1.54, 1.807) is 7.11 Å². The van der Waals surface area contributed by atoms with Crippen LogP contribution in [0, 0.1) is 11.8 Å². The highest BCUT2D eigenvalue weighted by atomic mass is 79.9. The molecule has 5 heteroatoms. The monoisotopic (exact) mass is 313 g/mol. The van der Waals surface area contributed by atoms with E-state index in [9.17, 15) is 0 Å². The molecule has 0 amide bonds. The number of ether oxygens (including phenoxy) is 1. The van der Waals surface area contributed by atoms with Gasteiger partial charge in [0.25, 0.3) is 0 Å². The van der Waals surface area contributed by atoms with Crippen molar-refractivity contribution in [3.8, 4) is 0 Å². The number of nitrogens with two attached hydrogens (primary N) is 1. The largest absolute Gasteiger partial charge is 0.383 e. The summed E-state index contributed by atoms with van der Waals surface area (Å²) in [4.78, 5) is 9.01. The van der Waals surface area contributed by atoms with Gasteiger partial charge in [-0.2, -0.15) is 0 Å². The molecule has 2 rings (SSSR count). The van der Waals surface area contributed by atoms with E-state index < -0.39 is 0 Å². The van der Waals surface area contributed by atoms with Gasteiger partial charge in [0.2, 0.25) is 0 Å². The van der Waals surface area contributed by atoms with Crippen LogP contribution in [0.3, 0.4) is 0 Å². The molecule has 0 aromatic carbocycles. The summed E-state index contributed by atoms with van der Waals surface area (Å²) in [6.45, 7) is 4.33. The zero-order chi connectivity index (χ0) is 13.3. The summed E-state index contributed by atoms with van der Waals surface area (Å²) >= 11 is 3.48. The summed E-state index contributed by atoms with van der Waals surface area (Å²) in [5.74, 6) is 2.34. The van der Waals surface area contributed by atoms with E-state index >= 15 is 0 Å². The second kappa shape index (κ2) is 5.53. The second-order valence-electron chi connectivity index (χ2n) is 5.32. The predicted octanol–water partition coefficient (Wildman–Crippen LogP) is 3.12. The van der Waals surface area contributed by atoms with Crippen LogP contribution in [0.25, 0.3) is 0 Å². The Balaban J connectivity index is 2.33. The highest BCUT2D eigenvalue weighted by Crippen LogP contribution is 2.42. The average Bonchev–Trinajstić information content (AvgIpc) is 3.10. The van der Waals surface area contributed by atoms with Crippen molar-refractivity contribution >= 4 is 21.7 Å². The zero-order valence-electron chi connectivity index (χ0n) is 11.1. The Kier molecular flexibility index (Phi) is 4.22. The molecule has 1 saturated carbocycles. The zero-order valence-corrected chi connectivity index (χ0v) is 12.7. The first-order valence-corrected chi connectivity index (χ1v) is 7.16. The van der Waals surface area contributed by atoms with E-state index in [1.807, 2.05) is 0 Å². The number of anilines is 1. The fourth-order valence-corrected chi connectivity index (χ4v) is 2.43. The van der Waals surface area contributed by atoms with Gasteiger partial charge in [-0.05, 0) is 47.0 Å². The smallest absolute Gasteiger partial charge is 0.160 e. The van der Waals surface area contributed by atoms with Crippen LogP contribution in [0.1, 0.15) is 44.3 Å². The molecule has 1 aromatic heterocycles. The maximum absolute atomic E-state index is 5.96. The number of hydrogen-bond acceptors (Lipinski definition) is 4. The van der Waals surface area contributed by atoms with Gasteiger partial charge < -0.3 is 10.5 Å². The van der Waals surface area contributed by atoms with Crippen molar-refractivity contribution in [3.05, 3.63) is 16.0 Å². The third-order valence-corrected chi connectivity index (χ3v) is 3.99. The van der Waals surface area contributed by atoms with Crippen molar-refractivity contribution in [2.45, 2.75) is 39.2 Å². The third-order valence-electron chi connectivity index (χ3n) is 3.12. The Hall–Kier alpha value is -0.680. The van der Waals surface area contributed by atoms with Gasteiger partial charge in [0.05, 0.1) is 10.2 Å². The molecule has 0 saturated heterocycles. The van der Waals surface area contributed by atoms with Crippen molar-refractivity contribution in [3.63, 3.8) is 0 Å². The van der Waals surface area contributed by atoms with Gasteiger partial charge in [0.15, 0.2) is 5.82 Å². The maximum atomic E-state index is 5.96. The first-order chi connectivity index (χ1) is 8.52. The van der Waals surface area contributed by atoms with E-state index in [0.717, 1.165) is 22.4 Å². The molecule has 4 nitrogen and oxygen atoms in total. The van der Waals surface area contributed by atoms with Gasteiger partial charge in [-0.15, -0.1) is 0 Å². The van der Waals surface area contributed by atoms with E-state index in [-0.39, 0.29) is 6.10 Å². The van der Waals surface area contributed by atoms with Crippen LogP contribution in [0.5, 0.6) is 0 Å². The SMILES string of the molecule is COC(c1nc(N)c(Br)c(CC(C)C)n1)C1CC1. The second-order valence-corrected chi connectivity index (χ2v) is 6.11. The molecule has 1 aliphatic rings. The van der Waals surface area contributed by atoms with Crippen LogP contribution in [0.2, 0.25) is 0 Å². The van der Waals surface area contributed by atoms with Crippen LogP contribution in [-0.4, -0.2) is 17.1 Å². The van der Waals surface area contributed by atoms with Gasteiger partial charge in [0, 0.05) is 7.11 Å². The molecule has 1 fully saturated rings. The Labute approximate surface area is 116 Å². The highest BCUT2D eigenvalue weighted by molar-refractivity contribution is 9.10. The van der Waals surface area contributed by atoms with Crippen molar-refractivity contribution in [1.82, 2.24) is 9.97 Å². The molecule has 1 unspecified atom stereocenters. The fraction of sp³-hybridized carbons (Fsp3) is 0.692. The first kappa shape index (κ1) is 13.7. The Morgan fingerprint density at radius 3 is 2.56 bits per heavy atom. The van der Waals surface area contributed by atoms with Gasteiger partial charge in [-0.25, -0.2) is 9.97 Å². The maximum Gasteiger partial charge on any atom is 0.160 e. The van der Waals surface area contributed by atoms with E-state index in [0.29, 0.717) is 17.7 Å². The van der Waals surface area contributed by atoms with Crippen molar-refractivity contribution < 1.29 is 4.74 Å². The summed E-state index contributed by atoms with van der Waals surface area (Å²) in [5.41, 5.74) is 6.94. The van der Waals surface area contributed by atoms with Gasteiger partial charge in [-0.1, -0.05) is 13.8 Å². The topological polar surface area (TPSA) is 61.0 Å². The highest BCUT2D eigenvalue weighted by Gasteiger charge is 2.35. The Morgan fingerprint density at radius 1 is 1.39 bits per heavy atom. The fourth-order valence-electron chi connectivity index (χ4n) is 2.09. The van der Waals surface area contributed by atoms with Crippen LogP contribution >= 0.6 is 15.9 Å². The normalized spacial score (nSPS) is 17.2. The van der Waals surface area contributed by atoms with Crippen molar-refractivity contribution in [2.75, 3.05) is 12.8 Å². The van der Waals surface area contributed by atoms with E-state index in [2.05, 4.69) is 39.7 Å². The molecule has 100 valence electrons. The lowest BCUT2D eigenvalue weighted by Crippen LogP contribution is -2.13. The van der Waals surface area contributed by atoms with E-state index in [4.69, 9.17) is 10.5 Å². The van der Waals surface area contributed by atoms with Crippen molar-refractivity contribution in [2.24, 2.45) is 11.8 Å². The lowest BCUT2D eigenvalue weighted by atomic mass is 10.1. The third kappa shape index (κ3) is 3.01. The van der Waals surface area contributed by atoms with Crippen LogP contribution in [0.4, 0.5) is 5.82 Å². The minimum absolute atomic E-state index is 0.00804. The molecule has 18 heavy (non-hydrogen) atoms. The van der Waals surface area contributed by atoms with Gasteiger partial charge in [-0.3, -0.25) is 0 Å². The molecular formula is C13H20BrN3O. The predicted molar refractivity (Wildman–Crippen MR) is 75.2 cm³/mol. The van der Waals surface area contributed by atoms with E-state index in [1.165, 1.54) is 12.8 Å². The minimum Gasteiger partial charge on any atom is -0.383 e. The van der Waals surface area contributed by atoms with Crippen LogP contribution < -0.4 is 5.73 Å². The van der Waals surface area contributed by atoms with Crippen LogP contribution in [0.15, 0.2) is 4.47 Å². The molecule has 0 bridgehead atoms. The number of aromatic nitrogens is 2. The minimum atomic E-state index is -0.00804. The molecule has 1 aliphatic carbocycles. The molecule has 0 aliphatic heterocycles. The Morgan fingerprint density at radius 2 is 2.06 bits per heavy atom. The molecule has 0 spiro atoms. The quantitative estimate of drug-likeness (QED) is 0.907. The number of nitrogen functional groups attached to an aromatic ring is 1. The van der Waals surface area contributed by atoms with Gasteiger partial charge >= 0.3 is 0 Å². The number of rotatable bonds is 5. The molecule has 1 aromatic rings. The average molecular weight is 314 g/mol. The summed E-state index contributed by atoms with van der Waals surface area (Å²) in [5, 5.41) is 0. The summed E-state index contributed by atoms with van der Waals surface area (Å²) in [7, 11) is 1.71. The Bertz CT molecular complexity index is 432. The molecule has 0 radical (unpaired) electrons. The molecular weight excluding hydrogens is 294 g/mol. The summed E-state index contributed by atoms with van der Waals surface area (Å²) < 4.78 is 6.34.